The number of aliphatic imine (C=N–C) groups is 1. The Morgan fingerprint density at radius 2 is 2.00 bits per heavy atom. The largest absolute Gasteiger partial charge is 0.493 e. The number of benzene rings is 2. The van der Waals surface area contributed by atoms with E-state index in [9.17, 15) is 4.79 Å². The predicted octanol–water partition coefficient (Wildman–Crippen LogP) is 5.16. The van der Waals surface area contributed by atoms with Gasteiger partial charge in [-0.1, -0.05) is 42.5 Å². The second-order valence-electron chi connectivity index (χ2n) is 6.42. The number of methoxy groups -OCH3 is 2. The summed E-state index contributed by atoms with van der Waals surface area (Å²) in [6.45, 7) is 4.75. The van der Waals surface area contributed by atoms with Crippen LogP contribution in [-0.4, -0.2) is 50.0 Å². The van der Waals surface area contributed by atoms with E-state index in [0.29, 0.717) is 46.4 Å². The summed E-state index contributed by atoms with van der Waals surface area (Å²) in [5.74, 6) is 0.773. The van der Waals surface area contributed by atoms with Gasteiger partial charge in [0.2, 0.25) is 0 Å². The third-order valence-electron chi connectivity index (χ3n) is 4.28. The average Bonchev–Trinajstić information content (AvgIpc) is 3.05. The summed E-state index contributed by atoms with van der Waals surface area (Å²) < 4.78 is 16.2. The van der Waals surface area contributed by atoms with Crippen LogP contribution >= 0.6 is 23.4 Å². The second-order valence-corrected chi connectivity index (χ2v) is 7.84. The van der Waals surface area contributed by atoms with Gasteiger partial charge in [-0.15, -0.1) is 0 Å². The number of amidine groups is 1. The number of carbonyl (C=O) groups excluding carboxylic acids is 1. The van der Waals surface area contributed by atoms with Crippen LogP contribution < -0.4 is 9.47 Å². The van der Waals surface area contributed by atoms with Crippen LogP contribution in [0.3, 0.4) is 0 Å². The summed E-state index contributed by atoms with van der Waals surface area (Å²) in [7, 11) is 3.14. The molecule has 0 spiro atoms. The first kappa shape index (κ1) is 22.9. The molecule has 1 heterocycles. The molecule has 2 aromatic carbocycles. The van der Waals surface area contributed by atoms with E-state index in [0.717, 1.165) is 11.3 Å². The molecule has 1 aliphatic heterocycles. The van der Waals surface area contributed by atoms with E-state index >= 15 is 0 Å². The Labute approximate surface area is 191 Å². The number of para-hydroxylation sites is 1. The van der Waals surface area contributed by atoms with E-state index in [1.54, 1.807) is 36.3 Å². The zero-order valence-corrected chi connectivity index (χ0v) is 18.9. The lowest BCUT2D eigenvalue weighted by molar-refractivity contribution is -0.122. The third-order valence-corrected chi connectivity index (χ3v) is 5.57. The maximum atomic E-state index is 13.1. The Morgan fingerprint density at radius 3 is 2.68 bits per heavy atom. The molecule has 8 heteroatoms. The number of halogens is 1. The molecule has 1 amide bonds. The first-order chi connectivity index (χ1) is 15.1. The van der Waals surface area contributed by atoms with E-state index in [4.69, 9.17) is 25.8 Å². The van der Waals surface area contributed by atoms with E-state index in [1.807, 2.05) is 30.3 Å². The number of nitrogens with zero attached hydrogens (tertiary/aromatic N) is 2. The van der Waals surface area contributed by atoms with Gasteiger partial charge >= 0.3 is 0 Å². The molecule has 0 N–H and O–H groups in total. The molecule has 0 atom stereocenters. The van der Waals surface area contributed by atoms with Gasteiger partial charge < -0.3 is 14.2 Å². The van der Waals surface area contributed by atoms with Gasteiger partial charge in [0.1, 0.15) is 6.61 Å². The summed E-state index contributed by atoms with van der Waals surface area (Å²) >= 11 is 7.70. The van der Waals surface area contributed by atoms with Gasteiger partial charge in [0, 0.05) is 7.11 Å². The highest BCUT2D eigenvalue weighted by Gasteiger charge is 2.33. The number of ether oxygens (including phenoxy) is 3. The monoisotopic (exact) mass is 458 g/mol. The molecule has 0 aliphatic carbocycles. The van der Waals surface area contributed by atoms with Gasteiger partial charge in [-0.2, -0.15) is 0 Å². The zero-order valence-electron chi connectivity index (χ0n) is 17.3. The standard InChI is InChI=1S/C23H23ClN2O4S/c1-4-11-30-21-18(24)13-16(14-19(21)29-3)15-20-22(27)26(10-12-28-2)23(31-20)25-17-8-6-5-7-9-17/h4-9,13-15H,1,10-12H2,2-3H3/b20-15-,25-23?. The van der Waals surface area contributed by atoms with E-state index in [-0.39, 0.29) is 5.91 Å². The van der Waals surface area contributed by atoms with Crippen molar-refractivity contribution in [2.75, 3.05) is 34.0 Å². The molecule has 162 valence electrons. The number of hydrogen-bond donors (Lipinski definition) is 0. The zero-order chi connectivity index (χ0) is 22.2. The van der Waals surface area contributed by atoms with Crippen molar-refractivity contribution < 1.29 is 19.0 Å². The van der Waals surface area contributed by atoms with Crippen molar-refractivity contribution in [3.63, 3.8) is 0 Å². The maximum absolute atomic E-state index is 13.1. The van der Waals surface area contributed by atoms with Gasteiger partial charge in [-0.05, 0) is 47.7 Å². The Morgan fingerprint density at radius 1 is 1.23 bits per heavy atom. The lowest BCUT2D eigenvalue weighted by atomic mass is 10.1. The van der Waals surface area contributed by atoms with Crippen LogP contribution in [0.25, 0.3) is 6.08 Å². The minimum atomic E-state index is -0.140. The Balaban J connectivity index is 1.94. The van der Waals surface area contributed by atoms with Crippen molar-refractivity contribution in [2.24, 2.45) is 4.99 Å². The molecule has 0 bridgehead atoms. The van der Waals surface area contributed by atoms with Gasteiger partial charge in [-0.25, -0.2) is 4.99 Å². The van der Waals surface area contributed by atoms with Crippen LogP contribution in [0.4, 0.5) is 5.69 Å². The van der Waals surface area contributed by atoms with E-state index in [2.05, 4.69) is 11.6 Å². The Bertz CT molecular complexity index is 1010. The molecule has 1 fully saturated rings. The second kappa shape index (κ2) is 11.0. The molecule has 2 aromatic rings. The highest BCUT2D eigenvalue weighted by Crippen LogP contribution is 2.39. The summed E-state index contributed by atoms with van der Waals surface area (Å²) in [6.07, 6.45) is 3.40. The highest BCUT2D eigenvalue weighted by molar-refractivity contribution is 8.18. The highest BCUT2D eigenvalue weighted by atomic mass is 35.5. The van der Waals surface area contributed by atoms with Crippen molar-refractivity contribution in [3.05, 3.63) is 70.6 Å². The number of thioether (sulfide) groups is 1. The van der Waals surface area contributed by atoms with Crippen molar-refractivity contribution in [2.45, 2.75) is 0 Å². The quantitative estimate of drug-likeness (QED) is 0.383. The van der Waals surface area contributed by atoms with Gasteiger partial charge in [0.05, 0.1) is 35.9 Å². The van der Waals surface area contributed by atoms with Gasteiger partial charge in [0.25, 0.3) is 5.91 Å². The first-order valence-electron chi connectivity index (χ1n) is 9.52. The summed E-state index contributed by atoms with van der Waals surface area (Å²) in [5.41, 5.74) is 1.49. The van der Waals surface area contributed by atoms with Crippen molar-refractivity contribution in [1.29, 1.82) is 0 Å². The number of hydrogen-bond acceptors (Lipinski definition) is 6. The van der Waals surface area contributed by atoms with E-state index < -0.39 is 0 Å². The molecule has 1 aliphatic rings. The fourth-order valence-electron chi connectivity index (χ4n) is 2.84. The van der Waals surface area contributed by atoms with Gasteiger partial charge in [0.15, 0.2) is 16.7 Å². The molecular weight excluding hydrogens is 436 g/mol. The summed E-state index contributed by atoms with van der Waals surface area (Å²) in [5, 5.41) is 0.987. The number of amides is 1. The van der Waals surface area contributed by atoms with Crippen molar-refractivity contribution in [3.8, 4) is 11.5 Å². The molecular formula is C23H23ClN2O4S. The third kappa shape index (κ3) is 5.70. The molecule has 0 radical (unpaired) electrons. The normalized spacial score (nSPS) is 16.2. The molecule has 3 rings (SSSR count). The first-order valence-corrected chi connectivity index (χ1v) is 10.7. The fourth-order valence-corrected chi connectivity index (χ4v) is 4.14. The molecule has 0 saturated carbocycles. The molecule has 6 nitrogen and oxygen atoms in total. The van der Waals surface area contributed by atoms with Crippen molar-refractivity contribution in [1.82, 2.24) is 4.90 Å². The van der Waals surface area contributed by atoms with Crippen LogP contribution in [0.2, 0.25) is 5.02 Å². The van der Waals surface area contributed by atoms with Crippen molar-refractivity contribution >= 4 is 46.2 Å². The lowest BCUT2D eigenvalue weighted by Gasteiger charge is -2.14. The Hall–Kier alpha value is -2.74. The molecule has 1 saturated heterocycles. The van der Waals surface area contributed by atoms with Crippen LogP contribution in [0, 0.1) is 0 Å². The minimum absolute atomic E-state index is 0.140. The Kier molecular flexibility index (Phi) is 8.17. The molecule has 0 unspecified atom stereocenters. The summed E-state index contributed by atoms with van der Waals surface area (Å²) in [6, 6.07) is 13.0. The minimum Gasteiger partial charge on any atom is -0.493 e. The van der Waals surface area contributed by atoms with Crippen LogP contribution in [-0.2, 0) is 9.53 Å². The lowest BCUT2D eigenvalue weighted by Crippen LogP contribution is -2.32. The molecule has 31 heavy (non-hydrogen) atoms. The van der Waals surface area contributed by atoms with Gasteiger partial charge in [-0.3, -0.25) is 9.69 Å². The van der Waals surface area contributed by atoms with Crippen LogP contribution in [0.15, 0.2) is 65.0 Å². The number of rotatable bonds is 9. The SMILES string of the molecule is C=CCOc1c(Cl)cc(/C=C2\SC(=Nc3ccccc3)N(CCOC)C2=O)cc1OC. The van der Waals surface area contributed by atoms with E-state index in [1.165, 1.54) is 18.9 Å². The fraction of sp³-hybridized carbons (Fsp3) is 0.217. The topological polar surface area (TPSA) is 60.4 Å². The predicted molar refractivity (Wildman–Crippen MR) is 126 cm³/mol. The smallest absolute Gasteiger partial charge is 0.266 e. The van der Waals surface area contributed by atoms with Crippen LogP contribution in [0.5, 0.6) is 11.5 Å². The summed E-state index contributed by atoms with van der Waals surface area (Å²) in [4.78, 5) is 19.9. The maximum Gasteiger partial charge on any atom is 0.266 e. The molecule has 0 aromatic heterocycles. The number of carbonyl (C=O) groups is 1. The van der Waals surface area contributed by atoms with Crippen LogP contribution in [0.1, 0.15) is 5.56 Å². The average molecular weight is 459 g/mol.